The number of carboxylic acids is 1. The van der Waals surface area contributed by atoms with Gasteiger partial charge in [0.25, 0.3) is 0 Å². The maximum atomic E-state index is 13.1. The summed E-state index contributed by atoms with van der Waals surface area (Å²) in [6.45, 7) is -0.0583. The molecule has 0 saturated heterocycles. The monoisotopic (exact) mass is 378 g/mol. The number of benzene rings is 1. The molecular weight excluding hydrogens is 367 g/mol. The molecule has 0 aliphatic carbocycles. The van der Waals surface area contributed by atoms with Crippen LogP contribution in [0, 0.1) is 5.82 Å². The van der Waals surface area contributed by atoms with Crippen LogP contribution in [0.5, 0.6) is 0 Å². The van der Waals surface area contributed by atoms with Crippen LogP contribution in [-0.2, 0) is 17.9 Å². The number of carboxylic acid groups (broad SMARTS) is 1. The van der Waals surface area contributed by atoms with Crippen LogP contribution >= 0.6 is 11.6 Å². The van der Waals surface area contributed by atoms with Gasteiger partial charge in [0, 0.05) is 11.2 Å². The highest BCUT2D eigenvalue weighted by atomic mass is 35.5. The summed E-state index contributed by atoms with van der Waals surface area (Å²) in [4.78, 5) is 26.9. The van der Waals surface area contributed by atoms with Gasteiger partial charge in [0.05, 0.1) is 6.54 Å². The first-order valence-corrected chi connectivity index (χ1v) is 7.68. The Morgan fingerprint density at radius 2 is 2.12 bits per heavy atom. The SMILES string of the molecule is O=C(Cn1nccc1C(=O)O)Nc1ncn(Cc2ccc(F)cc2Cl)n1. The average molecular weight is 379 g/mol. The van der Waals surface area contributed by atoms with Gasteiger partial charge in [-0.15, -0.1) is 5.10 Å². The van der Waals surface area contributed by atoms with E-state index in [0.717, 1.165) is 4.68 Å². The number of hydrogen-bond acceptors (Lipinski definition) is 5. The molecule has 9 nitrogen and oxygen atoms in total. The number of aromatic carboxylic acids is 1. The van der Waals surface area contributed by atoms with Gasteiger partial charge in [-0.25, -0.2) is 23.5 Å². The Morgan fingerprint density at radius 3 is 2.85 bits per heavy atom. The zero-order valence-electron chi connectivity index (χ0n) is 13.1. The lowest BCUT2D eigenvalue weighted by Crippen LogP contribution is -2.22. The van der Waals surface area contributed by atoms with Gasteiger partial charge < -0.3 is 5.11 Å². The highest BCUT2D eigenvalue weighted by molar-refractivity contribution is 6.31. The number of rotatable bonds is 6. The third-order valence-corrected chi connectivity index (χ3v) is 3.72. The third kappa shape index (κ3) is 4.03. The van der Waals surface area contributed by atoms with Crippen LogP contribution in [0.1, 0.15) is 16.1 Å². The summed E-state index contributed by atoms with van der Waals surface area (Å²) in [7, 11) is 0. The van der Waals surface area contributed by atoms with Gasteiger partial charge in [-0.1, -0.05) is 17.7 Å². The molecule has 0 aliphatic rings. The van der Waals surface area contributed by atoms with E-state index in [-0.39, 0.29) is 29.8 Å². The number of aromatic nitrogens is 5. The van der Waals surface area contributed by atoms with E-state index >= 15 is 0 Å². The molecule has 134 valence electrons. The van der Waals surface area contributed by atoms with Crippen LogP contribution < -0.4 is 5.32 Å². The van der Waals surface area contributed by atoms with Gasteiger partial charge in [0.1, 0.15) is 24.4 Å². The molecule has 2 aromatic heterocycles. The summed E-state index contributed by atoms with van der Waals surface area (Å²) in [5.74, 6) is -2.12. The van der Waals surface area contributed by atoms with Crippen LogP contribution in [0.2, 0.25) is 5.02 Å². The van der Waals surface area contributed by atoms with Crippen LogP contribution in [-0.4, -0.2) is 41.5 Å². The van der Waals surface area contributed by atoms with E-state index in [1.165, 1.54) is 41.5 Å². The average Bonchev–Trinajstić information content (AvgIpc) is 3.19. The van der Waals surface area contributed by atoms with Crippen molar-refractivity contribution >= 4 is 29.4 Å². The normalized spacial score (nSPS) is 10.7. The van der Waals surface area contributed by atoms with Gasteiger partial charge >= 0.3 is 5.97 Å². The minimum absolute atomic E-state index is 0.0391. The first kappa shape index (κ1) is 17.5. The molecule has 0 saturated carbocycles. The summed E-state index contributed by atoms with van der Waals surface area (Å²) in [5, 5.41) is 19.5. The molecule has 0 spiro atoms. The van der Waals surface area contributed by atoms with Crippen molar-refractivity contribution in [3.8, 4) is 0 Å². The molecule has 2 N–H and O–H groups in total. The van der Waals surface area contributed by atoms with Crippen LogP contribution in [0.3, 0.4) is 0 Å². The topological polar surface area (TPSA) is 115 Å². The number of anilines is 1. The zero-order valence-corrected chi connectivity index (χ0v) is 13.9. The Hall–Kier alpha value is -3.27. The molecule has 3 rings (SSSR count). The van der Waals surface area contributed by atoms with Crippen molar-refractivity contribution in [1.29, 1.82) is 0 Å². The molecule has 0 fully saturated rings. The lowest BCUT2D eigenvalue weighted by atomic mass is 10.2. The Bertz CT molecular complexity index is 970. The predicted octanol–water partition coefficient (Wildman–Crippen LogP) is 1.65. The largest absolute Gasteiger partial charge is 0.477 e. The van der Waals surface area contributed by atoms with E-state index < -0.39 is 17.7 Å². The molecule has 1 aromatic carbocycles. The molecular formula is C15H12ClFN6O3. The van der Waals surface area contributed by atoms with Crippen molar-refractivity contribution < 1.29 is 19.1 Å². The quantitative estimate of drug-likeness (QED) is 0.674. The Labute approximate surface area is 151 Å². The lowest BCUT2D eigenvalue weighted by molar-refractivity contribution is -0.117. The van der Waals surface area contributed by atoms with E-state index in [9.17, 15) is 14.0 Å². The summed E-state index contributed by atoms with van der Waals surface area (Å²) >= 11 is 5.96. The van der Waals surface area contributed by atoms with Gasteiger partial charge in [-0.05, 0) is 23.8 Å². The van der Waals surface area contributed by atoms with E-state index in [0.29, 0.717) is 5.56 Å². The minimum Gasteiger partial charge on any atom is -0.477 e. The molecule has 0 atom stereocenters. The number of nitrogens with zero attached hydrogens (tertiary/aromatic N) is 5. The second kappa shape index (κ2) is 7.31. The maximum Gasteiger partial charge on any atom is 0.354 e. The number of carbonyl (C=O) groups excluding carboxylic acids is 1. The van der Waals surface area contributed by atoms with Crippen molar-refractivity contribution in [3.63, 3.8) is 0 Å². The van der Waals surface area contributed by atoms with E-state index in [2.05, 4.69) is 20.5 Å². The van der Waals surface area contributed by atoms with Crippen molar-refractivity contribution in [2.24, 2.45) is 0 Å². The van der Waals surface area contributed by atoms with E-state index in [1.54, 1.807) is 0 Å². The van der Waals surface area contributed by atoms with Crippen LogP contribution in [0.4, 0.5) is 10.3 Å². The van der Waals surface area contributed by atoms with Crippen molar-refractivity contribution in [2.75, 3.05) is 5.32 Å². The Balaban J connectivity index is 1.63. The molecule has 0 bridgehead atoms. The molecule has 0 radical (unpaired) electrons. The number of nitrogens with one attached hydrogen (secondary N) is 1. The second-order valence-electron chi connectivity index (χ2n) is 5.23. The number of carbonyl (C=O) groups is 2. The summed E-state index contributed by atoms with van der Waals surface area (Å²) in [6, 6.07) is 5.29. The van der Waals surface area contributed by atoms with Gasteiger partial charge in [-0.2, -0.15) is 5.10 Å². The van der Waals surface area contributed by atoms with Crippen LogP contribution in [0.25, 0.3) is 0 Å². The molecule has 0 aliphatic heterocycles. The Morgan fingerprint density at radius 1 is 1.31 bits per heavy atom. The first-order valence-electron chi connectivity index (χ1n) is 7.30. The number of hydrogen-bond donors (Lipinski definition) is 2. The van der Waals surface area contributed by atoms with Crippen LogP contribution in [0.15, 0.2) is 36.8 Å². The molecule has 3 aromatic rings. The number of amides is 1. The molecule has 1 amide bonds. The number of halogens is 2. The van der Waals surface area contributed by atoms with E-state index in [4.69, 9.17) is 16.7 Å². The third-order valence-electron chi connectivity index (χ3n) is 3.36. The fourth-order valence-corrected chi connectivity index (χ4v) is 2.42. The smallest absolute Gasteiger partial charge is 0.354 e. The van der Waals surface area contributed by atoms with Crippen molar-refractivity contribution in [2.45, 2.75) is 13.1 Å². The highest BCUT2D eigenvalue weighted by Crippen LogP contribution is 2.18. The van der Waals surface area contributed by atoms with Gasteiger partial charge in [0.2, 0.25) is 11.9 Å². The molecule has 26 heavy (non-hydrogen) atoms. The Kier molecular flexibility index (Phi) is 4.94. The molecule has 11 heteroatoms. The summed E-state index contributed by atoms with van der Waals surface area (Å²) in [5.41, 5.74) is 0.531. The fraction of sp³-hybridized carbons (Fsp3) is 0.133. The maximum absolute atomic E-state index is 13.1. The van der Waals surface area contributed by atoms with Crippen molar-refractivity contribution in [3.05, 3.63) is 58.9 Å². The lowest BCUT2D eigenvalue weighted by Gasteiger charge is -2.05. The van der Waals surface area contributed by atoms with Gasteiger partial charge in [-0.3, -0.25) is 10.1 Å². The summed E-state index contributed by atoms with van der Waals surface area (Å²) < 4.78 is 15.5. The second-order valence-corrected chi connectivity index (χ2v) is 5.64. The molecule has 2 heterocycles. The summed E-state index contributed by atoms with van der Waals surface area (Å²) in [6.07, 6.45) is 2.67. The standard InChI is InChI=1S/C15H12ClFN6O3/c16-11-5-10(17)2-1-9(11)6-22-8-18-15(21-22)20-13(24)7-23-12(14(25)26)3-4-19-23/h1-5,8H,6-7H2,(H,25,26)(H,20,21,24). The zero-order chi connectivity index (χ0) is 18.7. The highest BCUT2D eigenvalue weighted by Gasteiger charge is 2.14. The van der Waals surface area contributed by atoms with Crippen molar-refractivity contribution in [1.82, 2.24) is 24.5 Å². The first-order chi connectivity index (χ1) is 12.4. The van der Waals surface area contributed by atoms with Gasteiger partial charge in [0.15, 0.2) is 0 Å². The fourth-order valence-electron chi connectivity index (χ4n) is 2.19. The predicted molar refractivity (Wildman–Crippen MR) is 88.4 cm³/mol. The minimum atomic E-state index is -1.19. The van der Waals surface area contributed by atoms with E-state index in [1.807, 2.05) is 0 Å². The molecule has 0 unspecified atom stereocenters.